The van der Waals surface area contributed by atoms with Gasteiger partial charge >= 0.3 is 0 Å². The Kier molecular flexibility index (Phi) is 8.83. The largest absolute Gasteiger partial charge is 0.378 e. The molecule has 2 atom stereocenters. The Labute approximate surface area is 259 Å². The van der Waals surface area contributed by atoms with Crippen molar-refractivity contribution in [3.8, 4) is 6.07 Å². The van der Waals surface area contributed by atoms with E-state index in [0.29, 0.717) is 23.2 Å². The fourth-order valence-electron chi connectivity index (χ4n) is 5.67. The van der Waals surface area contributed by atoms with E-state index in [1.165, 1.54) is 28.1 Å². The van der Waals surface area contributed by atoms with Crippen molar-refractivity contribution in [3.63, 3.8) is 0 Å². The summed E-state index contributed by atoms with van der Waals surface area (Å²) in [5, 5.41) is 12.3. The minimum absolute atomic E-state index is 0.174. The van der Waals surface area contributed by atoms with Gasteiger partial charge in [0.15, 0.2) is 0 Å². The molecule has 44 heavy (non-hydrogen) atoms. The van der Waals surface area contributed by atoms with Crippen LogP contribution in [0.1, 0.15) is 49.3 Å². The van der Waals surface area contributed by atoms with E-state index < -0.39 is 48.7 Å². The average Bonchev–Trinajstić information content (AvgIpc) is 3.34. The van der Waals surface area contributed by atoms with Crippen LogP contribution >= 0.6 is 11.6 Å². The number of anilines is 3. The summed E-state index contributed by atoms with van der Waals surface area (Å²) >= 11 is 6.60. The molecule has 1 N–H and O–H groups in total. The SMILES string of the molecule is CN(C)c1cccc(N(C(=O)C[C@@H]2CCC(=O)N2c2cc(C#N)ccn2)[C@H](C(=O)NC2CC(F)(F)C2)c2ccccc2Cl)c1. The summed E-state index contributed by atoms with van der Waals surface area (Å²) in [4.78, 5) is 50.3. The molecule has 1 aliphatic carbocycles. The Balaban J connectivity index is 1.56. The lowest BCUT2D eigenvalue weighted by Gasteiger charge is -2.38. The third-order valence-electron chi connectivity index (χ3n) is 7.89. The molecule has 228 valence electrons. The molecule has 3 aromatic rings. The molecule has 2 aliphatic rings. The van der Waals surface area contributed by atoms with Gasteiger partial charge in [0.05, 0.1) is 11.6 Å². The standard InChI is InChI=1S/C32H31ClF2N6O3/c1-39(2)22-6-5-7-23(15-22)41(29(43)16-24-10-11-28(42)40(24)27-14-20(19-36)12-13-37-27)30(25-8-3-4-9-26(25)33)31(44)38-21-17-32(34,35)18-21/h3-9,12-15,21,24,30H,10-11,16-18H2,1-2H3,(H,38,44)/t24-,30-/m0/s1. The molecule has 0 bridgehead atoms. The molecule has 3 amide bonds. The highest BCUT2D eigenvalue weighted by molar-refractivity contribution is 6.31. The Morgan fingerprint density at radius 1 is 1.14 bits per heavy atom. The molecule has 12 heteroatoms. The molecule has 2 heterocycles. The first-order chi connectivity index (χ1) is 21.0. The molecule has 0 radical (unpaired) electrons. The van der Waals surface area contributed by atoms with Crippen molar-refractivity contribution >= 4 is 46.5 Å². The number of amides is 3. The Morgan fingerprint density at radius 2 is 1.86 bits per heavy atom. The van der Waals surface area contributed by atoms with E-state index in [4.69, 9.17) is 11.6 Å². The first-order valence-corrected chi connectivity index (χ1v) is 14.6. The summed E-state index contributed by atoms with van der Waals surface area (Å²) < 4.78 is 27.4. The maximum atomic E-state index is 14.4. The molecule has 0 spiro atoms. The van der Waals surface area contributed by atoms with Gasteiger partial charge in [-0.05, 0) is 42.8 Å². The average molecular weight is 621 g/mol. The number of aromatic nitrogens is 1. The molecule has 1 aliphatic heterocycles. The monoisotopic (exact) mass is 620 g/mol. The second-order valence-corrected chi connectivity index (χ2v) is 11.7. The van der Waals surface area contributed by atoms with Crippen LogP contribution in [0.5, 0.6) is 0 Å². The van der Waals surface area contributed by atoms with Crippen LogP contribution in [-0.4, -0.2) is 54.8 Å². The lowest BCUT2D eigenvalue weighted by Crippen LogP contribution is -2.54. The van der Waals surface area contributed by atoms with Gasteiger partial charge in [-0.2, -0.15) is 5.26 Å². The number of hydrogen-bond donors (Lipinski definition) is 1. The van der Waals surface area contributed by atoms with E-state index in [1.807, 2.05) is 31.1 Å². The number of alkyl halides is 2. The zero-order valence-corrected chi connectivity index (χ0v) is 25.0. The Hall–Kier alpha value is -4.56. The normalized spacial score (nSPS) is 18.2. The number of halogens is 3. The zero-order chi connectivity index (χ0) is 31.6. The third-order valence-corrected chi connectivity index (χ3v) is 8.24. The predicted octanol–water partition coefficient (Wildman–Crippen LogP) is 5.25. The molecule has 0 unspecified atom stereocenters. The van der Waals surface area contributed by atoms with Crippen molar-refractivity contribution < 1.29 is 23.2 Å². The van der Waals surface area contributed by atoms with Crippen molar-refractivity contribution in [1.29, 1.82) is 5.26 Å². The van der Waals surface area contributed by atoms with Gasteiger partial charge in [-0.1, -0.05) is 35.9 Å². The fraction of sp³-hybridized carbons (Fsp3) is 0.344. The maximum Gasteiger partial charge on any atom is 0.252 e. The van der Waals surface area contributed by atoms with Crippen LogP contribution in [0.15, 0.2) is 66.9 Å². The predicted molar refractivity (Wildman–Crippen MR) is 163 cm³/mol. The fourth-order valence-corrected chi connectivity index (χ4v) is 5.91. The lowest BCUT2D eigenvalue weighted by atomic mass is 9.87. The zero-order valence-electron chi connectivity index (χ0n) is 24.2. The maximum absolute atomic E-state index is 14.4. The number of hydrogen-bond acceptors (Lipinski definition) is 6. The van der Waals surface area contributed by atoms with E-state index in [-0.39, 0.29) is 29.6 Å². The van der Waals surface area contributed by atoms with Gasteiger partial charge in [-0.3, -0.25) is 24.2 Å². The van der Waals surface area contributed by atoms with Crippen LogP contribution < -0.4 is 20.0 Å². The van der Waals surface area contributed by atoms with Crippen molar-refractivity contribution in [2.75, 3.05) is 28.8 Å². The quantitative estimate of drug-likeness (QED) is 0.350. The number of carbonyl (C=O) groups excluding carboxylic acids is 3. The minimum Gasteiger partial charge on any atom is -0.378 e. The van der Waals surface area contributed by atoms with Crippen LogP contribution in [0, 0.1) is 11.3 Å². The molecular formula is C32H31ClF2N6O3. The highest BCUT2D eigenvalue weighted by Gasteiger charge is 2.47. The van der Waals surface area contributed by atoms with Gasteiger partial charge in [0.2, 0.25) is 17.7 Å². The summed E-state index contributed by atoms with van der Waals surface area (Å²) in [6.07, 6.45) is 0.800. The van der Waals surface area contributed by atoms with Gasteiger partial charge in [0.1, 0.15) is 11.9 Å². The molecule has 1 saturated carbocycles. The number of benzene rings is 2. The van der Waals surface area contributed by atoms with E-state index >= 15 is 0 Å². The summed E-state index contributed by atoms with van der Waals surface area (Å²) in [6.45, 7) is 0. The van der Waals surface area contributed by atoms with Crippen molar-refractivity contribution in [2.24, 2.45) is 0 Å². The van der Waals surface area contributed by atoms with E-state index in [0.717, 1.165) is 5.69 Å². The van der Waals surface area contributed by atoms with Crippen LogP contribution in [0.2, 0.25) is 5.02 Å². The molecule has 1 saturated heterocycles. The third kappa shape index (κ3) is 6.50. The number of nitrogens with zero attached hydrogens (tertiary/aromatic N) is 5. The number of pyridine rings is 1. The van der Waals surface area contributed by atoms with E-state index in [1.54, 1.807) is 42.5 Å². The Morgan fingerprint density at radius 3 is 2.55 bits per heavy atom. The smallest absolute Gasteiger partial charge is 0.252 e. The van der Waals surface area contributed by atoms with Gasteiger partial charge < -0.3 is 10.2 Å². The molecule has 9 nitrogen and oxygen atoms in total. The first kappa shape index (κ1) is 30.9. The van der Waals surface area contributed by atoms with E-state index in [9.17, 15) is 28.4 Å². The second-order valence-electron chi connectivity index (χ2n) is 11.2. The molecule has 5 rings (SSSR count). The van der Waals surface area contributed by atoms with Crippen molar-refractivity contribution in [3.05, 3.63) is 83.0 Å². The molecule has 2 aromatic carbocycles. The first-order valence-electron chi connectivity index (χ1n) is 14.2. The molecular weight excluding hydrogens is 590 g/mol. The number of nitrogens with one attached hydrogen (secondary N) is 1. The van der Waals surface area contributed by atoms with Gasteiger partial charge in [-0.25, -0.2) is 13.8 Å². The van der Waals surface area contributed by atoms with E-state index in [2.05, 4.69) is 10.3 Å². The van der Waals surface area contributed by atoms with Crippen molar-refractivity contribution in [2.45, 2.75) is 56.2 Å². The lowest BCUT2D eigenvalue weighted by molar-refractivity contribution is -0.133. The van der Waals surface area contributed by atoms with Gasteiger partial charge in [0.25, 0.3) is 5.92 Å². The summed E-state index contributed by atoms with van der Waals surface area (Å²) in [5.41, 5.74) is 1.79. The highest BCUT2D eigenvalue weighted by Crippen LogP contribution is 2.40. The van der Waals surface area contributed by atoms with Crippen LogP contribution in [0.4, 0.5) is 26.0 Å². The summed E-state index contributed by atoms with van der Waals surface area (Å²) in [7, 11) is 3.68. The van der Waals surface area contributed by atoms with Crippen LogP contribution in [-0.2, 0) is 14.4 Å². The molecule has 2 fully saturated rings. The Bertz CT molecular complexity index is 1620. The van der Waals surface area contributed by atoms with Gasteiger partial charge in [-0.15, -0.1) is 0 Å². The topological polar surface area (TPSA) is 110 Å². The van der Waals surface area contributed by atoms with Gasteiger partial charge in [0, 0.05) is 80.0 Å². The van der Waals surface area contributed by atoms with Crippen molar-refractivity contribution in [1.82, 2.24) is 10.3 Å². The number of rotatable bonds is 9. The molecule has 1 aromatic heterocycles. The minimum atomic E-state index is -2.86. The second kappa shape index (κ2) is 12.6. The van der Waals surface area contributed by atoms with Crippen LogP contribution in [0.3, 0.4) is 0 Å². The van der Waals surface area contributed by atoms with Crippen LogP contribution in [0.25, 0.3) is 0 Å². The number of nitriles is 1. The number of carbonyl (C=O) groups is 3. The summed E-state index contributed by atoms with van der Waals surface area (Å²) in [6, 6.07) is 16.0. The summed E-state index contributed by atoms with van der Waals surface area (Å²) in [5.74, 6) is -3.97. The highest BCUT2D eigenvalue weighted by atomic mass is 35.5.